The summed E-state index contributed by atoms with van der Waals surface area (Å²) in [5, 5.41) is 17.6. The summed E-state index contributed by atoms with van der Waals surface area (Å²) in [6, 6.07) is 15.1. The largest absolute Gasteiger partial charge is 0.481 e. The molecule has 1 amide bonds. The number of H-pyrrole nitrogens is 1. The third-order valence-electron chi connectivity index (χ3n) is 5.65. The monoisotopic (exact) mass is 499 g/mol. The number of fused-ring (bicyclic) bond motifs is 1. The third kappa shape index (κ3) is 8.60. The highest BCUT2D eigenvalue weighted by molar-refractivity contribution is 6.31. The van der Waals surface area contributed by atoms with Gasteiger partial charge in [0, 0.05) is 40.8 Å². The van der Waals surface area contributed by atoms with Gasteiger partial charge in [-0.15, -0.1) is 0 Å². The van der Waals surface area contributed by atoms with Gasteiger partial charge in [-0.1, -0.05) is 48.0 Å². The summed E-state index contributed by atoms with van der Waals surface area (Å²) in [5.74, 6) is -0.882. The summed E-state index contributed by atoms with van der Waals surface area (Å²) in [6.07, 6.45) is 3.25. The fraction of sp³-hybridized carbons (Fsp3) is 0.407. The smallest absolute Gasteiger partial charge is 0.407 e. The lowest BCUT2D eigenvalue weighted by Crippen LogP contribution is -2.48. The number of aromatic amines is 1. The number of amides is 1. The zero-order valence-corrected chi connectivity index (χ0v) is 21.2. The molecule has 0 aliphatic heterocycles. The van der Waals surface area contributed by atoms with Crippen LogP contribution in [0, 0.1) is 0 Å². The molecule has 1 heterocycles. The molecule has 0 aliphatic rings. The predicted molar refractivity (Wildman–Crippen MR) is 139 cm³/mol. The van der Waals surface area contributed by atoms with Gasteiger partial charge in [-0.2, -0.15) is 0 Å². The zero-order valence-electron chi connectivity index (χ0n) is 20.4. The summed E-state index contributed by atoms with van der Waals surface area (Å²) in [5.41, 5.74) is 2.46. The molecule has 8 heteroatoms. The van der Waals surface area contributed by atoms with Crippen molar-refractivity contribution in [2.75, 3.05) is 6.54 Å². The van der Waals surface area contributed by atoms with Crippen LogP contribution in [-0.2, 0) is 22.4 Å². The second kappa shape index (κ2) is 12.1. The van der Waals surface area contributed by atoms with E-state index < -0.39 is 17.7 Å². The summed E-state index contributed by atoms with van der Waals surface area (Å²) in [4.78, 5) is 27.2. The standard InChI is InChI=1S/C27H34ClN3O4/c1-27(2,3)35-26(34)30-17-20(13-12-18-8-4-6-10-23(18)28)31-21(15-25(32)33)14-19-16-29-24-11-7-5-9-22(19)24/h4-11,16,20-21,29,31H,12-15,17H2,1-3H3,(H,30,34)(H,32,33)/t20?,21-/m1/s1. The van der Waals surface area contributed by atoms with Crippen LogP contribution in [0.25, 0.3) is 10.9 Å². The Kier molecular flexibility index (Phi) is 9.18. The number of nitrogens with one attached hydrogen (secondary N) is 3. The molecule has 35 heavy (non-hydrogen) atoms. The number of benzene rings is 2. The van der Waals surface area contributed by atoms with Crippen molar-refractivity contribution in [1.29, 1.82) is 0 Å². The van der Waals surface area contributed by atoms with Gasteiger partial charge >= 0.3 is 12.1 Å². The summed E-state index contributed by atoms with van der Waals surface area (Å²) >= 11 is 6.34. The first kappa shape index (κ1) is 26.6. The van der Waals surface area contributed by atoms with E-state index in [9.17, 15) is 14.7 Å². The molecule has 2 aromatic carbocycles. The number of halogens is 1. The minimum absolute atomic E-state index is 0.0471. The maximum atomic E-state index is 12.3. The van der Waals surface area contributed by atoms with Crippen molar-refractivity contribution in [3.63, 3.8) is 0 Å². The number of aryl methyl sites for hydroxylation is 1. The lowest BCUT2D eigenvalue weighted by Gasteiger charge is -2.26. The number of hydrogen-bond donors (Lipinski definition) is 4. The predicted octanol–water partition coefficient (Wildman–Crippen LogP) is 5.32. The van der Waals surface area contributed by atoms with Gasteiger partial charge in [0.2, 0.25) is 0 Å². The van der Waals surface area contributed by atoms with Crippen LogP contribution in [0.2, 0.25) is 5.02 Å². The van der Waals surface area contributed by atoms with E-state index in [4.69, 9.17) is 16.3 Å². The first-order valence-corrected chi connectivity index (χ1v) is 12.2. The Morgan fingerprint density at radius 2 is 1.77 bits per heavy atom. The van der Waals surface area contributed by atoms with Crippen LogP contribution in [-0.4, -0.2) is 46.4 Å². The van der Waals surface area contributed by atoms with Crippen LogP contribution < -0.4 is 10.6 Å². The van der Waals surface area contributed by atoms with E-state index in [2.05, 4.69) is 15.6 Å². The highest BCUT2D eigenvalue weighted by atomic mass is 35.5. The van der Waals surface area contributed by atoms with Crippen LogP contribution in [0.5, 0.6) is 0 Å². The van der Waals surface area contributed by atoms with E-state index in [-0.39, 0.29) is 18.5 Å². The van der Waals surface area contributed by atoms with Gasteiger partial charge in [-0.25, -0.2) is 4.79 Å². The first-order chi connectivity index (χ1) is 16.6. The molecule has 4 N–H and O–H groups in total. The minimum Gasteiger partial charge on any atom is -0.481 e. The van der Waals surface area contributed by atoms with E-state index in [0.717, 1.165) is 22.0 Å². The maximum Gasteiger partial charge on any atom is 0.407 e. The molecule has 3 aromatic rings. The second-order valence-electron chi connectivity index (χ2n) is 9.73. The van der Waals surface area contributed by atoms with Crippen LogP contribution in [0.4, 0.5) is 4.79 Å². The van der Waals surface area contributed by atoms with E-state index in [1.807, 2.05) is 75.5 Å². The Labute approximate surface area is 211 Å². The number of para-hydroxylation sites is 1. The molecule has 0 aliphatic carbocycles. The first-order valence-electron chi connectivity index (χ1n) is 11.8. The van der Waals surface area contributed by atoms with Crippen molar-refractivity contribution in [3.8, 4) is 0 Å². The average molecular weight is 500 g/mol. The molecular weight excluding hydrogens is 466 g/mol. The Balaban J connectivity index is 1.74. The van der Waals surface area contributed by atoms with Crippen LogP contribution in [0.3, 0.4) is 0 Å². The zero-order chi connectivity index (χ0) is 25.4. The van der Waals surface area contributed by atoms with E-state index >= 15 is 0 Å². The SMILES string of the molecule is CC(C)(C)OC(=O)NCC(CCc1ccccc1Cl)N[C@@H](CC(=O)O)Cc1c[nH]c2ccccc12. The summed E-state index contributed by atoms with van der Waals surface area (Å²) in [7, 11) is 0. The molecule has 1 aromatic heterocycles. The molecule has 2 atom stereocenters. The quantitative estimate of drug-likeness (QED) is 0.286. The highest BCUT2D eigenvalue weighted by Gasteiger charge is 2.22. The number of carbonyl (C=O) groups is 2. The van der Waals surface area contributed by atoms with Gasteiger partial charge in [-0.3, -0.25) is 4.79 Å². The molecule has 188 valence electrons. The van der Waals surface area contributed by atoms with Crippen molar-refractivity contribution < 1.29 is 19.4 Å². The summed E-state index contributed by atoms with van der Waals surface area (Å²) in [6.45, 7) is 5.72. The third-order valence-corrected chi connectivity index (χ3v) is 6.01. The lowest BCUT2D eigenvalue weighted by atomic mass is 9.99. The Morgan fingerprint density at radius 3 is 2.49 bits per heavy atom. The maximum absolute atomic E-state index is 12.3. The number of hydrogen-bond acceptors (Lipinski definition) is 4. The molecule has 0 saturated heterocycles. The molecule has 0 spiro atoms. The molecule has 0 bridgehead atoms. The van der Waals surface area contributed by atoms with Crippen LogP contribution in [0.1, 0.15) is 44.7 Å². The molecule has 1 unspecified atom stereocenters. The number of alkyl carbamates (subject to hydrolysis) is 1. The lowest BCUT2D eigenvalue weighted by molar-refractivity contribution is -0.137. The number of carboxylic acid groups (broad SMARTS) is 1. The van der Waals surface area contributed by atoms with Gasteiger partial charge in [0.25, 0.3) is 0 Å². The normalized spacial score (nSPS) is 13.4. The topological polar surface area (TPSA) is 103 Å². The van der Waals surface area contributed by atoms with Crippen molar-refractivity contribution in [3.05, 3.63) is 70.9 Å². The number of aliphatic carboxylic acids is 1. The van der Waals surface area contributed by atoms with Gasteiger partial charge in [0.15, 0.2) is 0 Å². The fourth-order valence-corrected chi connectivity index (χ4v) is 4.33. The van der Waals surface area contributed by atoms with Crippen molar-refractivity contribution in [1.82, 2.24) is 15.6 Å². The molecular formula is C27H34ClN3O4. The van der Waals surface area contributed by atoms with Crippen molar-refractivity contribution >= 4 is 34.6 Å². The molecule has 0 fully saturated rings. The van der Waals surface area contributed by atoms with Gasteiger partial charge in [-0.05, 0) is 63.3 Å². The van der Waals surface area contributed by atoms with Crippen molar-refractivity contribution in [2.24, 2.45) is 0 Å². The number of carbonyl (C=O) groups excluding carboxylic acids is 1. The Morgan fingerprint density at radius 1 is 1.06 bits per heavy atom. The summed E-state index contributed by atoms with van der Waals surface area (Å²) < 4.78 is 5.38. The van der Waals surface area contributed by atoms with Crippen molar-refractivity contribution in [2.45, 2.75) is 64.1 Å². The Hall–Kier alpha value is -3.03. The molecule has 3 rings (SSSR count). The Bertz CT molecular complexity index is 1140. The van der Waals surface area contributed by atoms with E-state index in [1.54, 1.807) is 0 Å². The van der Waals surface area contributed by atoms with Crippen LogP contribution >= 0.6 is 11.6 Å². The van der Waals surface area contributed by atoms with E-state index in [1.165, 1.54) is 0 Å². The number of rotatable bonds is 11. The minimum atomic E-state index is -0.882. The highest BCUT2D eigenvalue weighted by Crippen LogP contribution is 2.21. The second-order valence-corrected chi connectivity index (χ2v) is 10.1. The number of ether oxygens (including phenoxy) is 1. The number of carboxylic acids is 1. The van der Waals surface area contributed by atoms with Gasteiger partial charge in [0.1, 0.15) is 5.60 Å². The van der Waals surface area contributed by atoms with Crippen LogP contribution in [0.15, 0.2) is 54.7 Å². The number of aromatic nitrogens is 1. The molecule has 0 radical (unpaired) electrons. The van der Waals surface area contributed by atoms with Gasteiger partial charge in [0.05, 0.1) is 6.42 Å². The average Bonchev–Trinajstić information content (AvgIpc) is 3.18. The molecule has 0 saturated carbocycles. The fourth-order valence-electron chi connectivity index (χ4n) is 4.10. The van der Waals surface area contributed by atoms with Gasteiger partial charge < -0.3 is 25.5 Å². The molecule has 7 nitrogen and oxygen atoms in total. The van der Waals surface area contributed by atoms with E-state index in [0.29, 0.717) is 30.8 Å².